The zero-order chi connectivity index (χ0) is 14.6. The summed E-state index contributed by atoms with van der Waals surface area (Å²) in [5, 5.41) is 18.4. The van der Waals surface area contributed by atoms with E-state index in [1.165, 1.54) is 0 Å². The van der Waals surface area contributed by atoms with E-state index in [9.17, 15) is 15.0 Å². The lowest BCUT2D eigenvalue weighted by atomic mass is 10.2. The van der Waals surface area contributed by atoms with Gasteiger partial charge in [0.1, 0.15) is 10.6 Å². The van der Waals surface area contributed by atoms with Gasteiger partial charge in [0.15, 0.2) is 11.5 Å². The van der Waals surface area contributed by atoms with E-state index in [0.29, 0.717) is 6.42 Å². The third-order valence-electron chi connectivity index (χ3n) is 2.46. The Morgan fingerprint density at radius 3 is 2.26 bits per heavy atom. The van der Waals surface area contributed by atoms with Crippen LogP contribution in [0.4, 0.5) is 0 Å². The third kappa shape index (κ3) is 3.59. The van der Waals surface area contributed by atoms with Crippen LogP contribution in [0, 0.1) is 0 Å². The molecule has 0 spiro atoms. The second-order valence-corrected chi connectivity index (χ2v) is 4.99. The molecule has 0 atom stereocenters. The molecule has 0 aliphatic heterocycles. The average Bonchev–Trinajstić information content (AvgIpc) is 2.39. The Balaban J connectivity index is 2.97. The van der Waals surface area contributed by atoms with Gasteiger partial charge in [-0.3, -0.25) is 0 Å². The highest BCUT2D eigenvalue weighted by atomic mass is 35.5. The van der Waals surface area contributed by atoms with Gasteiger partial charge in [0.05, 0.1) is 16.7 Å². The van der Waals surface area contributed by atoms with E-state index < -0.39 is 17.5 Å². The van der Waals surface area contributed by atoms with E-state index in [-0.39, 0.29) is 27.2 Å². The predicted octanol–water partition coefficient (Wildman–Crippen LogP) is 4.41. The quantitative estimate of drug-likeness (QED) is 0.364. The minimum atomic E-state index is -0.854. The minimum absolute atomic E-state index is 0.198. The van der Waals surface area contributed by atoms with E-state index in [0.717, 1.165) is 12.8 Å². The largest absolute Gasteiger partial charge is 0.504 e. The number of carbonyl (C=O) groups is 1. The highest BCUT2D eigenvalue weighted by molar-refractivity contribution is 6.50. The highest BCUT2D eigenvalue weighted by Gasteiger charge is 2.26. The molecular weight excluding hydrogens is 314 g/mol. The number of hydrogen-bond donors (Lipinski definition) is 2. The van der Waals surface area contributed by atoms with Gasteiger partial charge in [0, 0.05) is 0 Å². The maximum absolute atomic E-state index is 11.8. The van der Waals surface area contributed by atoms with Crippen LogP contribution in [0.2, 0.25) is 15.1 Å². The van der Waals surface area contributed by atoms with E-state index in [1.54, 1.807) is 0 Å². The van der Waals surface area contributed by atoms with E-state index in [1.807, 2.05) is 6.92 Å². The van der Waals surface area contributed by atoms with Crippen LogP contribution in [0.5, 0.6) is 11.5 Å². The van der Waals surface area contributed by atoms with Crippen molar-refractivity contribution in [2.24, 2.45) is 0 Å². The normalized spacial score (nSPS) is 10.5. The number of carbonyl (C=O) groups excluding carboxylic acids is 1. The van der Waals surface area contributed by atoms with Gasteiger partial charge in [-0.1, -0.05) is 54.6 Å². The molecule has 1 aromatic rings. The topological polar surface area (TPSA) is 66.8 Å². The second kappa shape index (κ2) is 7.08. The molecule has 0 saturated heterocycles. The van der Waals surface area contributed by atoms with Crippen LogP contribution >= 0.6 is 34.8 Å². The molecule has 0 bridgehead atoms. The van der Waals surface area contributed by atoms with Gasteiger partial charge in [0.2, 0.25) is 0 Å². The summed E-state index contributed by atoms with van der Waals surface area (Å²) in [5.41, 5.74) is -0.384. The van der Waals surface area contributed by atoms with Crippen molar-refractivity contribution in [1.29, 1.82) is 0 Å². The Hall–Kier alpha value is -0.840. The van der Waals surface area contributed by atoms with Crippen LogP contribution in [0.3, 0.4) is 0 Å². The first-order valence-electron chi connectivity index (χ1n) is 5.67. The Morgan fingerprint density at radius 2 is 1.68 bits per heavy atom. The molecule has 0 unspecified atom stereocenters. The summed E-state index contributed by atoms with van der Waals surface area (Å²) in [6.07, 6.45) is 2.60. The number of unbranched alkanes of at least 4 members (excludes halogenated alkanes) is 2. The predicted molar refractivity (Wildman–Crippen MR) is 74.6 cm³/mol. The maximum Gasteiger partial charge on any atom is 0.343 e. The van der Waals surface area contributed by atoms with Gasteiger partial charge in [-0.15, -0.1) is 0 Å². The fourth-order valence-corrected chi connectivity index (χ4v) is 2.09. The first-order chi connectivity index (χ1) is 8.91. The lowest BCUT2D eigenvalue weighted by Gasteiger charge is -2.11. The Bertz CT molecular complexity index is 459. The monoisotopic (exact) mass is 326 g/mol. The van der Waals surface area contributed by atoms with Gasteiger partial charge in [-0.05, 0) is 6.42 Å². The van der Waals surface area contributed by atoms with Gasteiger partial charge in [-0.25, -0.2) is 4.79 Å². The second-order valence-electron chi connectivity index (χ2n) is 3.86. The number of esters is 1. The molecule has 4 nitrogen and oxygen atoms in total. The van der Waals surface area contributed by atoms with Crippen LogP contribution in [-0.2, 0) is 4.74 Å². The fraction of sp³-hybridized carbons (Fsp3) is 0.417. The Labute approximate surface area is 125 Å². The molecule has 7 heteroatoms. The molecule has 1 rings (SSSR count). The molecule has 0 fully saturated rings. The molecular formula is C12H13Cl3O4. The zero-order valence-electron chi connectivity index (χ0n) is 10.2. The number of aromatic hydroxyl groups is 2. The Kier molecular flexibility index (Phi) is 6.04. The molecule has 0 amide bonds. The number of ether oxygens (including phenoxy) is 1. The van der Waals surface area contributed by atoms with Crippen molar-refractivity contribution in [1.82, 2.24) is 0 Å². The van der Waals surface area contributed by atoms with Crippen molar-refractivity contribution in [3.05, 3.63) is 20.6 Å². The highest BCUT2D eigenvalue weighted by Crippen LogP contribution is 2.46. The molecule has 1 aromatic carbocycles. The molecule has 0 saturated carbocycles. The summed E-state index contributed by atoms with van der Waals surface area (Å²) < 4.78 is 4.95. The fourth-order valence-electron chi connectivity index (χ4n) is 1.41. The van der Waals surface area contributed by atoms with Crippen molar-refractivity contribution in [2.75, 3.05) is 6.61 Å². The van der Waals surface area contributed by atoms with Crippen molar-refractivity contribution in [3.8, 4) is 11.5 Å². The molecule has 0 radical (unpaired) electrons. The van der Waals surface area contributed by atoms with E-state index >= 15 is 0 Å². The van der Waals surface area contributed by atoms with Gasteiger partial charge >= 0.3 is 5.97 Å². The van der Waals surface area contributed by atoms with Crippen LogP contribution in [-0.4, -0.2) is 22.8 Å². The van der Waals surface area contributed by atoms with Crippen molar-refractivity contribution >= 4 is 40.8 Å². The van der Waals surface area contributed by atoms with Crippen molar-refractivity contribution in [3.63, 3.8) is 0 Å². The summed E-state index contributed by atoms with van der Waals surface area (Å²) in [7, 11) is 0. The number of benzene rings is 1. The first kappa shape index (κ1) is 16.2. The van der Waals surface area contributed by atoms with Gasteiger partial charge in [0.25, 0.3) is 0 Å². The molecule has 0 heterocycles. The summed E-state index contributed by atoms with van der Waals surface area (Å²) in [5.74, 6) is -2.29. The van der Waals surface area contributed by atoms with Crippen LogP contribution < -0.4 is 0 Å². The number of hydrogen-bond acceptors (Lipinski definition) is 4. The van der Waals surface area contributed by atoms with Crippen molar-refractivity contribution < 1.29 is 19.7 Å². The lowest BCUT2D eigenvalue weighted by Crippen LogP contribution is -2.08. The first-order valence-corrected chi connectivity index (χ1v) is 6.80. The van der Waals surface area contributed by atoms with E-state index in [4.69, 9.17) is 39.5 Å². The lowest BCUT2D eigenvalue weighted by molar-refractivity contribution is 0.0494. The van der Waals surface area contributed by atoms with E-state index in [2.05, 4.69) is 0 Å². The number of rotatable bonds is 5. The summed E-state index contributed by atoms with van der Waals surface area (Å²) in [6, 6.07) is 0. The average molecular weight is 328 g/mol. The van der Waals surface area contributed by atoms with Crippen LogP contribution in [0.15, 0.2) is 0 Å². The smallest absolute Gasteiger partial charge is 0.343 e. The SMILES string of the molecule is CCCCCOC(=O)c1c(O)c(O)c(Cl)c(Cl)c1Cl. The molecule has 106 valence electrons. The van der Waals surface area contributed by atoms with Gasteiger partial charge < -0.3 is 14.9 Å². The summed E-state index contributed by atoms with van der Waals surface area (Å²) in [6.45, 7) is 2.21. The standard InChI is InChI=1S/C12H13Cl3O4/c1-2-3-4-5-19-12(18)6-7(13)8(14)9(15)11(17)10(6)16/h16-17H,2-5H2,1H3. The molecule has 0 aromatic heterocycles. The van der Waals surface area contributed by atoms with Gasteiger partial charge in [-0.2, -0.15) is 0 Å². The number of phenolic OH excluding ortho intramolecular Hbond substituents is 2. The molecule has 2 N–H and O–H groups in total. The zero-order valence-corrected chi connectivity index (χ0v) is 12.4. The Morgan fingerprint density at radius 1 is 1.05 bits per heavy atom. The van der Waals surface area contributed by atoms with Crippen LogP contribution in [0.25, 0.3) is 0 Å². The van der Waals surface area contributed by atoms with Crippen LogP contribution in [0.1, 0.15) is 36.5 Å². The molecule has 0 aliphatic carbocycles. The minimum Gasteiger partial charge on any atom is -0.504 e. The molecule has 0 aliphatic rings. The van der Waals surface area contributed by atoms with Crippen molar-refractivity contribution in [2.45, 2.75) is 26.2 Å². The number of phenols is 2. The summed E-state index contributed by atoms with van der Waals surface area (Å²) in [4.78, 5) is 11.8. The summed E-state index contributed by atoms with van der Waals surface area (Å²) >= 11 is 17.2. The maximum atomic E-state index is 11.8. The number of halogens is 3. The molecule has 19 heavy (non-hydrogen) atoms. The third-order valence-corrected chi connectivity index (χ3v) is 3.78.